The molecular formula is C18H26N4O3. The van der Waals surface area contributed by atoms with E-state index in [4.69, 9.17) is 8.94 Å². The maximum Gasteiger partial charge on any atom is 0.228 e. The van der Waals surface area contributed by atoms with Crippen molar-refractivity contribution in [3.63, 3.8) is 0 Å². The largest absolute Gasteiger partial charge is 0.468 e. The summed E-state index contributed by atoms with van der Waals surface area (Å²) in [7, 11) is 0. The standard InChI is InChI=1S/C18H26N4O3/c1-13(2)17-20-16(25-21-17)5-8-19-18(23)14-6-9-22(10-7-14)12-15-4-3-11-24-15/h3-4,11,13-14H,5-10,12H2,1-2H3,(H,19,23). The van der Waals surface area contributed by atoms with Gasteiger partial charge in [-0.25, -0.2) is 0 Å². The van der Waals surface area contributed by atoms with Gasteiger partial charge in [0, 0.05) is 24.8 Å². The van der Waals surface area contributed by atoms with E-state index in [1.165, 1.54) is 0 Å². The van der Waals surface area contributed by atoms with Crippen LogP contribution in [0.2, 0.25) is 0 Å². The summed E-state index contributed by atoms with van der Waals surface area (Å²) >= 11 is 0. The molecule has 1 saturated heterocycles. The number of furan rings is 1. The minimum atomic E-state index is 0.0850. The molecule has 25 heavy (non-hydrogen) atoms. The van der Waals surface area contributed by atoms with Gasteiger partial charge < -0.3 is 14.3 Å². The van der Waals surface area contributed by atoms with E-state index >= 15 is 0 Å². The number of rotatable bonds is 7. The van der Waals surface area contributed by atoms with Gasteiger partial charge in [-0.3, -0.25) is 9.69 Å². The number of nitrogens with one attached hydrogen (secondary N) is 1. The van der Waals surface area contributed by atoms with Gasteiger partial charge in [-0.05, 0) is 38.1 Å². The number of piperidine rings is 1. The van der Waals surface area contributed by atoms with Crippen molar-refractivity contribution in [2.24, 2.45) is 5.92 Å². The van der Waals surface area contributed by atoms with Crippen molar-refractivity contribution in [1.29, 1.82) is 0 Å². The number of hydrogen-bond donors (Lipinski definition) is 1. The summed E-state index contributed by atoms with van der Waals surface area (Å²) in [6.07, 6.45) is 4.03. The van der Waals surface area contributed by atoms with E-state index in [1.54, 1.807) is 6.26 Å². The summed E-state index contributed by atoms with van der Waals surface area (Å²) in [6, 6.07) is 3.89. The molecule has 136 valence electrons. The molecular weight excluding hydrogens is 320 g/mol. The first-order chi connectivity index (χ1) is 12.1. The Hall–Kier alpha value is -2.15. The van der Waals surface area contributed by atoms with E-state index in [0.29, 0.717) is 24.7 Å². The van der Waals surface area contributed by atoms with Gasteiger partial charge in [-0.15, -0.1) is 0 Å². The van der Waals surface area contributed by atoms with Crippen molar-refractivity contribution in [3.8, 4) is 0 Å². The quantitative estimate of drug-likeness (QED) is 0.828. The highest BCUT2D eigenvalue weighted by atomic mass is 16.5. The first-order valence-corrected chi connectivity index (χ1v) is 8.96. The van der Waals surface area contributed by atoms with Crippen LogP contribution in [0, 0.1) is 5.92 Å². The smallest absolute Gasteiger partial charge is 0.228 e. The zero-order valence-electron chi connectivity index (χ0n) is 14.9. The van der Waals surface area contributed by atoms with Crippen LogP contribution in [0.3, 0.4) is 0 Å². The number of carbonyl (C=O) groups excluding carboxylic acids is 1. The van der Waals surface area contributed by atoms with Gasteiger partial charge in [-0.2, -0.15) is 4.98 Å². The molecule has 0 spiro atoms. The fraction of sp³-hybridized carbons (Fsp3) is 0.611. The van der Waals surface area contributed by atoms with Crippen LogP contribution in [0.5, 0.6) is 0 Å². The molecule has 0 unspecified atom stereocenters. The molecule has 3 rings (SSSR count). The van der Waals surface area contributed by atoms with E-state index in [9.17, 15) is 4.79 Å². The molecule has 7 nitrogen and oxygen atoms in total. The molecule has 0 atom stereocenters. The van der Waals surface area contributed by atoms with Crippen LogP contribution in [-0.4, -0.2) is 40.6 Å². The third-order valence-corrected chi connectivity index (χ3v) is 4.56. The molecule has 2 aromatic rings. The van der Waals surface area contributed by atoms with Gasteiger partial charge in [-0.1, -0.05) is 19.0 Å². The maximum absolute atomic E-state index is 12.3. The zero-order valence-corrected chi connectivity index (χ0v) is 14.9. The predicted octanol–water partition coefficient (Wildman–Crippen LogP) is 2.36. The summed E-state index contributed by atoms with van der Waals surface area (Å²) in [5.41, 5.74) is 0. The maximum atomic E-state index is 12.3. The summed E-state index contributed by atoms with van der Waals surface area (Å²) in [5, 5.41) is 6.93. The van der Waals surface area contributed by atoms with Crippen LogP contribution in [-0.2, 0) is 17.8 Å². The van der Waals surface area contributed by atoms with Crippen molar-refractivity contribution in [3.05, 3.63) is 35.9 Å². The predicted molar refractivity (Wildman–Crippen MR) is 91.8 cm³/mol. The highest BCUT2D eigenvalue weighted by molar-refractivity contribution is 5.78. The minimum Gasteiger partial charge on any atom is -0.468 e. The lowest BCUT2D eigenvalue weighted by atomic mass is 9.96. The number of aromatic nitrogens is 2. The van der Waals surface area contributed by atoms with Crippen molar-refractivity contribution >= 4 is 5.91 Å². The Morgan fingerprint density at radius 3 is 2.84 bits per heavy atom. The first-order valence-electron chi connectivity index (χ1n) is 8.96. The zero-order chi connectivity index (χ0) is 17.6. The molecule has 0 aromatic carbocycles. The Bertz CT molecular complexity index is 658. The molecule has 7 heteroatoms. The van der Waals surface area contributed by atoms with Crippen LogP contribution < -0.4 is 5.32 Å². The highest BCUT2D eigenvalue weighted by Gasteiger charge is 2.25. The minimum absolute atomic E-state index is 0.0850. The topological polar surface area (TPSA) is 84.4 Å². The lowest BCUT2D eigenvalue weighted by Crippen LogP contribution is -2.40. The molecule has 1 amide bonds. The molecule has 0 bridgehead atoms. The fourth-order valence-corrected chi connectivity index (χ4v) is 3.02. The van der Waals surface area contributed by atoms with Gasteiger partial charge in [0.25, 0.3) is 0 Å². The normalized spacial score (nSPS) is 16.4. The summed E-state index contributed by atoms with van der Waals surface area (Å²) in [6.45, 7) is 7.23. The Morgan fingerprint density at radius 2 is 2.20 bits per heavy atom. The number of amides is 1. The van der Waals surface area contributed by atoms with Gasteiger partial charge in [0.2, 0.25) is 11.8 Å². The van der Waals surface area contributed by atoms with Gasteiger partial charge in [0.15, 0.2) is 5.82 Å². The molecule has 2 aromatic heterocycles. The number of hydrogen-bond acceptors (Lipinski definition) is 6. The second kappa shape index (κ2) is 8.29. The van der Waals surface area contributed by atoms with Crippen molar-refractivity contribution in [2.75, 3.05) is 19.6 Å². The van der Waals surface area contributed by atoms with Crippen LogP contribution in [0.15, 0.2) is 27.3 Å². The Labute approximate surface area is 147 Å². The molecule has 0 saturated carbocycles. The molecule has 0 aliphatic carbocycles. The molecule has 1 aliphatic rings. The molecule has 0 radical (unpaired) electrons. The molecule has 1 N–H and O–H groups in total. The second-order valence-electron chi connectivity index (χ2n) is 6.87. The number of carbonyl (C=O) groups is 1. The van der Waals surface area contributed by atoms with Gasteiger partial charge in [0.05, 0.1) is 12.8 Å². The third kappa shape index (κ3) is 4.92. The van der Waals surface area contributed by atoms with Crippen LogP contribution >= 0.6 is 0 Å². The van der Waals surface area contributed by atoms with Gasteiger partial charge >= 0.3 is 0 Å². The van der Waals surface area contributed by atoms with Crippen LogP contribution in [0.1, 0.15) is 50.1 Å². The average Bonchev–Trinajstić information content (AvgIpc) is 3.27. The lowest BCUT2D eigenvalue weighted by molar-refractivity contribution is -0.126. The van der Waals surface area contributed by atoms with Crippen molar-refractivity contribution < 1.29 is 13.7 Å². The van der Waals surface area contributed by atoms with E-state index < -0.39 is 0 Å². The fourth-order valence-electron chi connectivity index (χ4n) is 3.02. The Balaban J connectivity index is 1.36. The average molecular weight is 346 g/mol. The van der Waals surface area contributed by atoms with E-state index in [-0.39, 0.29) is 17.7 Å². The third-order valence-electron chi connectivity index (χ3n) is 4.56. The summed E-state index contributed by atoms with van der Waals surface area (Å²) in [5.74, 6) is 2.73. The van der Waals surface area contributed by atoms with E-state index in [1.807, 2.05) is 26.0 Å². The lowest BCUT2D eigenvalue weighted by Gasteiger charge is -2.30. The number of nitrogens with zero attached hydrogens (tertiary/aromatic N) is 3. The summed E-state index contributed by atoms with van der Waals surface area (Å²) < 4.78 is 10.6. The highest BCUT2D eigenvalue weighted by Crippen LogP contribution is 2.19. The Morgan fingerprint density at radius 1 is 1.40 bits per heavy atom. The first kappa shape index (κ1) is 17.7. The monoisotopic (exact) mass is 346 g/mol. The summed E-state index contributed by atoms with van der Waals surface area (Å²) in [4.78, 5) is 19.0. The van der Waals surface area contributed by atoms with Crippen LogP contribution in [0.4, 0.5) is 0 Å². The number of likely N-dealkylation sites (tertiary alicyclic amines) is 1. The van der Waals surface area contributed by atoms with Crippen molar-refractivity contribution in [1.82, 2.24) is 20.4 Å². The van der Waals surface area contributed by atoms with E-state index in [2.05, 4.69) is 20.4 Å². The van der Waals surface area contributed by atoms with Crippen molar-refractivity contribution in [2.45, 2.75) is 45.6 Å². The van der Waals surface area contributed by atoms with E-state index in [0.717, 1.165) is 38.2 Å². The Kier molecular flexibility index (Phi) is 5.86. The molecule has 1 aliphatic heterocycles. The second-order valence-corrected chi connectivity index (χ2v) is 6.87. The molecule has 3 heterocycles. The van der Waals surface area contributed by atoms with Crippen LogP contribution in [0.25, 0.3) is 0 Å². The SMILES string of the molecule is CC(C)c1noc(CCNC(=O)C2CCN(Cc3ccco3)CC2)n1. The molecule has 1 fully saturated rings. The van der Waals surface area contributed by atoms with Gasteiger partial charge in [0.1, 0.15) is 5.76 Å².